The SMILES string of the molecule is Cc1ccc(C)c(NC(=O)[C@@H](Sc2nnc(-c3cccs3)n2C2CC2)c2ccccc2)c1. The molecule has 5 rings (SSSR count). The molecule has 32 heavy (non-hydrogen) atoms. The number of nitrogens with zero attached hydrogens (tertiary/aromatic N) is 3. The molecular formula is C25H24N4OS2. The first kappa shape index (κ1) is 21.0. The average molecular weight is 461 g/mol. The quantitative estimate of drug-likeness (QED) is 0.323. The fourth-order valence-corrected chi connectivity index (χ4v) is 5.48. The van der Waals surface area contributed by atoms with Gasteiger partial charge < -0.3 is 5.32 Å². The molecule has 0 unspecified atom stereocenters. The zero-order valence-electron chi connectivity index (χ0n) is 18.0. The Hall–Kier alpha value is -2.90. The summed E-state index contributed by atoms with van der Waals surface area (Å²) >= 11 is 3.14. The lowest BCUT2D eigenvalue weighted by atomic mass is 10.1. The van der Waals surface area contributed by atoms with Crippen LogP contribution in [0.2, 0.25) is 0 Å². The molecule has 0 radical (unpaired) electrons. The third kappa shape index (κ3) is 4.36. The molecule has 2 aromatic heterocycles. The Morgan fingerprint density at radius 2 is 1.91 bits per heavy atom. The number of carbonyl (C=O) groups is 1. The van der Waals surface area contributed by atoms with Gasteiger partial charge >= 0.3 is 0 Å². The van der Waals surface area contributed by atoms with Gasteiger partial charge in [0.1, 0.15) is 5.25 Å². The molecule has 2 heterocycles. The van der Waals surface area contributed by atoms with E-state index in [1.165, 1.54) is 11.8 Å². The second-order valence-corrected chi connectivity index (χ2v) is 10.1. The van der Waals surface area contributed by atoms with Gasteiger partial charge in [-0.1, -0.05) is 60.3 Å². The van der Waals surface area contributed by atoms with Crippen LogP contribution in [0, 0.1) is 13.8 Å². The number of aromatic nitrogens is 3. The number of aryl methyl sites for hydroxylation is 2. The molecule has 7 heteroatoms. The van der Waals surface area contributed by atoms with Crippen LogP contribution in [0.15, 0.2) is 71.2 Å². The van der Waals surface area contributed by atoms with E-state index in [4.69, 9.17) is 0 Å². The van der Waals surface area contributed by atoms with Crippen molar-refractivity contribution in [1.82, 2.24) is 14.8 Å². The number of thiophene rings is 1. The van der Waals surface area contributed by atoms with Gasteiger partial charge in [0.15, 0.2) is 11.0 Å². The Kier molecular flexibility index (Phi) is 5.85. The van der Waals surface area contributed by atoms with Gasteiger partial charge in [-0.15, -0.1) is 21.5 Å². The Morgan fingerprint density at radius 3 is 2.62 bits per heavy atom. The number of rotatable bonds is 7. The highest BCUT2D eigenvalue weighted by Crippen LogP contribution is 2.45. The molecule has 4 aromatic rings. The summed E-state index contributed by atoms with van der Waals surface area (Å²) in [7, 11) is 0. The van der Waals surface area contributed by atoms with Gasteiger partial charge in [0.05, 0.1) is 4.88 Å². The number of benzene rings is 2. The van der Waals surface area contributed by atoms with Crippen LogP contribution in [-0.4, -0.2) is 20.7 Å². The normalized spacial score (nSPS) is 14.3. The van der Waals surface area contributed by atoms with Crippen molar-refractivity contribution in [3.8, 4) is 10.7 Å². The zero-order chi connectivity index (χ0) is 22.1. The first-order valence-electron chi connectivity index (χ1n) is 10.7. The molecule has 2 aromatic carbocycles. The number of carbonyl (C=O) groups excluding carboxylic acids is 1. The molecule has 1 saturated carbocycles. The van der Waals surface area contributed by atoms with Crippen LogP contribution in [0.4, 0.5) is 5.69 Å². The van der Waals surface area contributed by atoms with E-state index in [1.54, 1.807) is 11.3 Å². The number of nitrogens with one attached hydrogen (secondary N) is 1. The maximum absolute atomic E-state index is 13.5. The van der Waals surface area contributed by atoms with Crippen molar-refractivity contribution in [3.05, 3.63) is 82.7 Å². The van der Waals surface area contributed by atoms with Crippen LogP contribution in [-0.2, 0) is 4.79 Å². The molecule has 1 amide bonds. The van der Waals surface area contributed by atoms with Gasteiger partial charge in [-0.2, -0.15) is 0 Å². The molecule has 5 nitrogen and oxygen atoms in total. The maximum atomic E-state index is 13.5. The molecule has 0 spiro atoms. The predicted octanol–water partition coefficient (Wildman–Crippen LogP) is 6.43. The largest absolute Gasteiger partial charge is 0.325 e. The van der Waals surface area contributed by atoms with Gasteiger partial charge in [0.2, 0.25) is 5.91 Å². The highest BCUT2D eigenvalue weighted by atomic mass is 32.2. The van der Waals surface area contributed by atoms with Crippen LogP contribution in [0.5, 0.6) is 0 Å². The first-order valence-corrected chi connectivity index (χ1v) is 12.4. The molecule has 1 aliphatic rings. The summed E-state index contributed by atoms with van der Waals surface area (Å²) < 4.78 is 2.22. The summed E-state index contributed by atoms with van der Waals surface area (Å²) in [5, 5.41) is 14.6. The molecule has 0 saturated heterocycles. The standard InChI is InChI=1S/C25H24N4OS2/c1-16-10-11-17(2)20(15-16)26-24(30)22(18-7-4-3-5-8-18)32-25-28-27-23(21-9-6-14-31-21)29(25)19-12-13-19/h3-11,14-15,19,22H,12-13H2,1-2H3,(H,26,30)/t22-/m0/s1. The maximum Gasteiger partial charge on any atom is 0.242 e. The topological polar surface area (TPSA) is 59.8 Å². The lowest BCUT2D eigenvalue weighted by molar-refractivity contribution is -0.115. The fraction of sp³-hybridized carbons (Fsp3) is 0.240. The third-order valence-electron chi connectivity index (χ3n) is 5.53. The summed E-state index contributed by atoms with van der Waals surface area (Å²) in [6.45, 7) is 4.04. The highest BCUT2D eigenvalue weighted by Gasteiger charge is 2.33. The van der Waals surface area contributed by atoms with Crippen LogP contribution in [0.25, 0.3) is 10.7 Å². The first-order chi connectivity index (χ1) is 15.6. The molecule has 162 valence electrons. The van der Waals surface area contributed by atoms with Crippen molar-refractivity contribution in [1.29, 1.82) is 0 Å². The molecule has 1 fully saturated rings. The Morgan fingerprint density at radius 1 is 1.09 bits per heavy atom. The Balaban J connectivity index is 1.49. The highest BCUT2D eigenvalue weighted by molar-refractivity contribution is 8.00. The number of anilines is 1. The van der Waals surface area contributed by atoms with Crippen LogP contribution < -0.4 is 5.32 Å². The zero-order valence-corrected chi connectivity index (χ0v) is 19.6. The Bertz CT molecular complexity index is 1230. The van der Waals surface area contributed by atoms with Crippen molar-refractivity contribution in [2.45, 2.75) is 43.1 Å². The Labute approximate surface area is 195 Å². The van der Waals surface area contributed by atoms with Crippen LogP contribution >= 0.6 is 23.1 Å². The minimum Gasteiger partial charge on any atom is -0.325 e. The van der Waals surface area contributed by atoms with Crippen LogP contribution in [0.3, 0.4) is 0 Å². The minimum atomic E-state index is -0.436. The van der Waals surface area contributed by atoms with Gasteiger partial charge in [-0.05, 0) is 60.9 Å². The van der Waals surface area contributed by atoms with E-state index in [9.17, 15) is 4.79 Å². The summed E-state index contributed by atoms with van der Waals surface area (Å²) in [6, 6.07) is 20.5. The predicted molar refractivity (Wildman–Crippen MR) is 131 cm³/mol. The summed E-state index contributed by atoms with van der Waals surface area (Å²) in [5.41, 5.74) is 3.95. The van der Waals surface area contributed by atoms with E-state index in [-0.39, 0.29) is 5.91 Å². The van der Waals surface area contributed by atoms with E-state index < -0.39 is 5.25 Å². The summed E-state index contributed by atoms with van der Waals surface area (Å²) in [4.78, 5) is 14.6. The molecule has 1 aliphatic carbocycles. The second kappa shape index (κ2) is 8.92. The average Bonchev–Trinajstić information content (AvgIpc) is 3.31. The molecular weight excluding hydrogens is 436 g/mol. The number of thioether (sulfide) groups is 1. The van der Waals surface area contributed by atoms with Gasteiger partial charge in [-0.3, -0.25) is 9.36 Å². The number of amides is 1. The lowest BCUT2D eigenvalue weighted by Crippen LogP contribution is -2.20. The lowest BCUT2D eigenvalue weighted by Gasteiger charge is -2.18. The van der Waals surface area contributed by atoms with Gasteiger partial charge in [0.25, 0.3) is 0 Å². The smallest absolute Gasteiger partial charge is 0.242 e. The van der Waals surface area contributed by atoms with E-state index >= 15 is 0 Å². The van der Waals surface area contributed by atoms with Crippen molar-refractivity contribution in [2.24, 2.45) is 0 Å². The van der Waals surface area contributed by atoms with E-state index in [0.717, 1.165) is 51.1 Å². The fourth-order valence-electron chi connectivity index (χ4n) is 3.67. The monoisotopic (exact) mass is 460 g/mol. The van der Waals surface area contributed by atoms with Crippen molar-refractivity contribution in [2.75, 3.05) is 5.32 Å². The summed E-state index contributed by atoms with van der Waals surface area (Å²) in [5.74, 6) is 0.838. The third-order valence-corrected chi connectivity index (χ3v) is 7.61. The van der Waals surface area contributed by atoms with E-state index in [2.05, 4.69) is 37.6 Å². The van der Waals surface area contributed by atoms with Crippen molar-refractivity contribution < 1.29 is 4.79 Å². The van der Waals surface area contributed by atoms with E-state index in [1.807, 2.05) is 62.4 Å². The number of hydrogen-bond donors (Lipinski definition) is 1. The molecule has 0 aliphatic heterocycles. The molecule has 1 N–H and O–H groups in total. The summed E-state index contributed by atoms with van der Waals surface area (Å²) in [6.07, 6.45) is 2.24. The van der Waals surface area contributed by atoms with Crippen LogP contribution in [0.1, 0.15) is 40.8 Å². The minimum absolute atomic E-state index is 0.0575. The number of hydrogen-bond acceptors (Lipinski definition) is 5. The molecule has 1 atom stereocenters. The molecule has 0 bridgehead atoms. The van der Waals surface area contributed by atoms with Gasteiger partial charge in [0, 0.05) is 11.7 Å². The van der Waals surface area contributed by atoms with Crippen molar-refractivity contribution in [3.63, 3.8) is 0 Å². The van der Waals surface area contributed by atoms with Crippen molar-refractivity contribution >= 4 is 34.7 Å². The van der Waals surface area contributed by atoms with Gasteiger partial charge in [-0.25, -0.2) is 0 Å². The second-order valence-electron chi connectivity index (χ2n) is 8.10. The van der Waals surface area contributed by atoms with E-state index in [0.29, 0.717) is 6.04 Å².